The first-order chi connectivity index (χ1) is 13.2. The number of carbonyl (C=O) groups is 1. The van der Waals surface area contributed by atoms with Crippen molar-refractivity contribution in [2.24, 2.45) is 10.8 Å². The standard InChI is InChI=1S/C22H22N4O/c23-20(13-18-10-9-16-4-1-2-6-19(16)18)22(27)26-25-14-15-7-8-17-5-3-11-24-21(17)12-15/h1-8,11-12,14,18,20H,9-10,13,23H2,(H,26,27)/b25-14+/t18?,20-/m1/s1. The number of nitrogens with zero attached hydrogens (tertiary/aromatic N) is 2. The summed E-state index contributed by atoms with van der Waals surface area (Å²) in [5, 5.41) is 5.12. The number of amides is 1. The average molecular weight is 358 g/mol. The van der Waals surface area contributed by atoms with E-state index in [2.05, 4.69) is 33.7 Å². The van der Waals surface area contributed by atoms with Crippen molar-refractivity contribution in [1.29, 1.82) is 0 Å². The molecule has 0 fully saturated rings. The number of pyridine rings is 1. The highest BCUT2D eigenvalue weighted by Crippen LogP contribution is 2.35. The maximum Gasteiger partial charge on any atom is 0.256 e. The van der Waals surface area contributed by atoms with Crippen LogP contribution in [0.15, 0.2) is 65.9 Å². The van der Waals surface area contributed by atoms with Crippen LogP contribution in [0, 0.1) is 0 Å². The fourth-order valence-corrected chi connectivity index (χ4v) is 3.72. The van der Waals surface area contributed by atoms with Gasteiger partial charge < -0.3 is 5.73 Å². The summed E-state index contributed by atoms with van der Waals surface area (Å²) < 4.78 is 0. The Bertz CT molecular complexity index is 998. The van der Waals surface area contributed by atoms with Crippen molar-refractivity contribution >= 4 is 23.0 Å². The lowest BCUT2D eigenvalue weighted by Crippen LogP contribution is -2.39. The van der Waals surface area contributed by atoms with Crippen LogP contribution in [0.2, 0.25) is 0 Å². The monoisotopic (exact) mass is 358 g/mol. The van der Waals surface area contributed by atoms with E-state index in [1.807, 2.05) is 36.4 Å². The lowest BCUT2D eigenvalue weighted by atomic mass is 9.94. The molecule has 3 N–H and O–H groups in total. The summed E-state index contributed by atoms with van der Waals surface area (Å²) in [6.07, 6.45) is 6.12. The SMILES string of the molecule is N[C@H](CC1CCc2ccccc21)C(=O)N/N=C/c1ccc2cccnc2c1. The summed E-state index contributed by atoms with van der Waals surface area (Å²) in [7, 11) is 0. The smallest absolute Gasteiger partial charge is 0.256 e. The van der Waals surface area contributed by atoms with E-state index >= 15 is 0 Å². The summed E-state index contributed by atoms with van der Waals surface area (Å²) in [4.78, 5) is 16.6. The normalized spacial score (nSPS) is 17.1. The summed E-state index contributed by atoms with van der Waals surface area (Å²) >= 11 is 0. The third-order valence-electron chi connectivity index (χ3n) is 5.15. The van der Waals surface area contributed by atoms with Crippen molar-refractivity contribution in [2.75, 3.05) is 0 Å². The number of fused-ring (bicyclic) bond motifs is 2. The van der Waals surface area contributed by atoms with Crippen molar-refractivity contribution in [2.45, 2.75) is 31.2 Å². The minimum Gasteiger partial charge on any atom is -0.320 e. The third-order valence-corrected chi connectivity index (χ3v) is 5.15. The zero-order chi connectivity index (χ0) is 18.6. The van der Waals surface area contributed by atoms with Gasteiger partial charge in [-0.15, -0.1) is 0 Å². The van der Waals surface area contributed by atoms with Gasteiger partial charge in [-0.3, -0.25) is 9.78 Å². The molecular formula is C22H22N4O. The fraction of sp³-hybridized carbons (Fsp3) is 0.227. The number of nitrogens with one attached hydrogen (secondary N) is 1. The number of benzene rings is 2. The van der Waals surface area contributed by atoms with Crippen LogP contribution in [0.5, 0.6) is 0 Å². The topological polar surface area (TPSA) is 80.4 Å². The van der Waals surface area contributed by atoms with Gasteiger partial charge in [-0.1, -0.05) is 42.5 Å². The van der Waals surface area contributed by atoms with Crippen LogP contribution in [0.4, 0.5) is 0 Å². The highest BCUT2D eigenvalue weighted by Gasteiger charge is 2.26. The molecule has 1 aliphatic carbocycles. The van der Waals surface area contributed by atoms with E-state index < -0.39 is 6.04 Å². The Morgan fingerprint density at radius 3 is 3.07 bits per heavy atom. The summed E-state index contributed by atoms with van der Waals surface area (Å²) in [5.74, 6) is 0.0898. The first kappa shape index (κ1) is 17.4. The van der Waals surface area contributed by atoms with Crippen LogP contribution >= 0.6 is 0 Å². The molecule has 3 aromatic rings. The van der Waals surface area contributed by atoms with Gasteiger partial charge in [0.1, 0.15) is 0 Å². The Kier molecular flexibility index (Phi) is 4.94. The number of aryl methyl sites for hydroxylation is 1. The lowest BCUT2D eigenvalue weighted by molar-refractivity contribution is -0.122. The molecular weight excluding hydrogens is 336 g/mol. The van der Waals surface area contributed by atoms with Gasteiger partial charge in [0.05, 0.1) is 17.8 Å². The average Bonchev–Trinajstić information content (AvgIpc) is 3.11. The molecule has 2 aromatic carbocycles. The molecule has 1 heterocycles. The zero-order valence-corrected chi connectivity index (χ0v) is 15.0. The number of nitrogens with two attached hydrogens (primary N) is 1. The van der Waals surface area contributed by atoms with E-state index in [1.54, 1.807) is 12.4 Å². The minimum atomic E-state index is -0.573. The van der Waals surface area contributed by atoms with Crippen molar-refractivity contribution in [3.63, 3.8) is 0 Å². The van der Waals surface area contributed by atoms with Gasteiger partial charge >= 0.3 is 0 Å². The first-order valence-corrected chi connectivity index (χ1v) is 9.22. The van der Waals surface area contributed by atoms with Crippen LogP contribution in [0.3, 0.4) is 0 Å². The van der Waals surface area contributed by atoms with Crippen molar-refractivity contribution in [3.8, 4) is 0 Å². The number of aromatic nitrogens is 1. The number of hydrogen-bond donors (Lipinski definition) is 2. The summed E-state index contributed by atoms with van der Waals surface area (Å²) in [6.45, 7) is 0. The van der Waals surface area contributed by atoms with Crippen molar-refractivity contribution < 1.29 is 4.79 Å². The predicted molar refractivity (Wildman–Crippen MR) is 108 cm³/mol. The fourth-order valence-electron chi connectivity index (χ4n) is 3.72. The molecule has 1 unspecified atom stereocenters. The van der Waals surface area contributed by atoms with E-state index in [4.69, 9.17) is 5.73 Å². The van der Waals surface area contributed by atoms with Gasteiger partial charge in [0, 0.05) is 11.6 Å². The number of carbonyl (C=O) groups excluding carboxylic acids is 1. The number of hydrogen-bond acceptors (Lipinski definition) is 4. The Morgan fingerprint density at radius 1 is 1.26 bits per heavy atom. The van der Waals surface area contributed by atoms with Crippen molar-refractivity contribution in [3.05, 3.63) is 77.5 Å². The number of rotatable bonds is 5. The molecule has 136 valence electrons. The Labute approximate surface area is 158 Å². The van der Waals surface area contributed by atoms with Gasteiger partial charge in [0.2, 0.25) is 0 Å². The third kappa shape index (κ3) is 3.88. The molecule has 27 heavy (non-hydrogen) atoms. The second-order valence-electron chi connectivity index (χ2n) is 6.97. The number of hydrazone groups is 1. The van der Waals surface area contributed by atoms with E-state index in [-0.39, 0.29) is 5.91 Å². The first-order valence-electron chi connectivity index (χ1n) is 9.22. The molecule has 1 aromatic heterocycles. The van der Waals surface area contributed by atoms with E-state index in [1.165, 1.54) is 11.1 Å². The molecule has 1 aliphatic rings. The Morgan fingerprint density at radius 2 is 2.15 bits per heavy atom. The largest absolute Gasteiger partial charge is 0.320 e. The van der Waals surface area contributed by atoms with E-state index in [9.17, 15) is 4.79 Å². The molecule has 0 spiro atoms. The summed E-state index contributed by atoms with van der Waals surface area (Å²) in [6, 6.07) is 17.6. The highest BCUT2D eigenvalue weighted by atomic mass is 16.2. The van der Waals surface area contributed by atoms with Gasteiger partial charge in [-0.2, -0.15) is 5.10 Å². The predicted octanol–water partition coefficient (Wildman–Crippen LogP) is 3.13. The van der Waals surface area contributed by atoms with Crippen LogP contribution in [-0.2, 0) is 11.2 Å². The van der Waals surface area contributed by atoms with Crippen LogP contribution in [0.1, 0.15) is 35.4 Å². The second-order valence-corrected chi connectivity index (χ2v) is 6.97. The van der Waals surface area contributed by atoms with Gasteiger partial charge in [0.15, 0.2) is 0 Å². The van der Waals surface area contributed by atoms with E-state index in [0.717, 1.165) is 29.3 Å². The van der Waals surface area contributed by atoms with Crippen molar-refractivity contribution in [1.82, 2.24) is 10.4 Å². The molecule has 5 nitrogen and oxygen atoms in total. The molecule has 2 atom stereocenters. The zero-order valence-electron chi connectivity index (χ0n) is 15.0. The molecule has 0 bridgehead atoms. The van der Waals surface area contributed by atoms with Crippen LogP contribution in [0.25, 0.3) is 10.9 Å². The summed E-state index contributed by atoms with van der Waals surface area (Å²) in [5.41, 5.74) is 13.1. The second kappa shape index (κ2) is 7.68. The van der Waals surface area contributed by atoms with Gasteiger partial charge in [-0.25, -0.2) is 5.43 Å². The molecule has 4 rings (SSSR count). The molecule has 0 saturated carbocycles. The maximum atomic E-state index is 12.3. The molecule has 5 heteroatoms. The quantitative estimate of drug-likeness (QED) is 0.543. The van der Waals surface area contributed by atoms with E-state index in [0.29, 0.717) is 12.3 Å². The molecule has 0 saturated heterocycles. The Balaban J connectivity index is 1.35. The lowest BCUT2D eigenvalue weighted by Gasteiger charge is -2.16. The molecule has 0 radical (unpaired) electrons. The van der Waals surface area contributed by atoms with Gasteiger partial charge in [0.25, 0.3) is 5.91 Å². The van der Waals surface area contributed by atoms with Gasteiger partial charge in [-0.05, 0) is 54.0 Å². The molecule has 1 amide bonds. The maximum absolute atomic E-state index is 12.3. The minimum absolute atomic E-state index is 0.255. The van der Waals surface area contributed by atoms with Crippen LogP contribution in [-0.4, -0.2) is 23.1 Å². The van der Waals surface area contributed by atoms with Crippen LogP contribution < -0.4 is 11.2 Å². The molecule has 0 aliphatic heterocycles. The Hall–Kier alpha value is -3.05. The highest BCUT2D eigenvalue weighted by molar-refractivity contribution is 5.89.